The van der Waals surface area contributed by atoms with Gasteiger partial charge in [0.15, 0.2) is 0 Å². The summed E-state index contributed by atoms with van der Waals surface area (Å²) >= 11 is 0.223. The summed E-state index contributed by atoms with van der Waals surface area (Å²) in [5.41, 5.74) is 14.6. The summed E-state index contributed by atoms with van der Waals surface area (Å²) in [5, 5.41) is 12.3. The number of para-hydroxylation sites is 2. The van der Waals surface area contributed by atoms with Crippen LogP contribution in [0.25, 0.3) is 70.9 Å². The second kappa shape index (κ2) is 18.4. The topological polar surface area (TPSA) is 58.0 Å². The van der Waals surface area contributed by atoms with Gasteiger partial charge in [0.25, 0.3) is 0 Å². The molecule has 2 aliphatic rings. The van der Waals surface area contributed by atoms with Crippen molar-refractivity contribution in [3.05, 3.63) is 325 Å². The Bertz CT molecular complexity index is 4940. The third kappa shape index (κ3) is 6.56. The molecule has 10 aromatic carbocycles. The van der Waals surface area contributed by atoms with Gasteiger partial charge in [0, 0.05) is 0 Å². The van der Waals surface area contributed by atoms with Gasteiger partial charge in [0.05, 0.1) is 0 Å². The molecule has 8 heterocycles. The molecule has 392 valence electrons. The van der Waals surface area contributed by atoms with E-state index < -0.39 is 10.8 Å². The Morgan fingerprint density at radius 1 is 0.238 bits per heavy atom. The van der Waals surface area contributed by atoms with Crippen LogP contribution in [0.4, 0.5) is 34.1 Å². The molecule has 8 heteroatoms. The standard InChI is InChI=1S/C76H46N6Se2/c1-3-21-53-51(19-1)58-41-68(82-66-28-10-8-26-62(66)76(49-17-14-34-79-45-49,50-18-15-35-80-46-50)64-39-60-56-24-6-12-30-72(56)84-74(60)43-70(64)82)54-22-4-2-20-52(54)57(58)40-67(53)81-65-27-9-7-25-61(65)75(47-31-36-77-37-32-47,48-16-13-33-78-44-48)63-38-59-55-23-5-11-29-71(55)83-73(59)42-69(63)81/h1-46H. The number of fused-ring (bicyclic) bond motifs is 15. The van der Waals surface area contributed by atoms with Crippen LogP contribution in [0, 0.1) is 0 Å². The molecule has 0 bridgehead atoms. The molecule has 6 aromatic heterocycles. The monoisotopic (exact) mass is 1200 g/mol. The van der Waals surface area contributed by atoms with Crippen LogP contribution in [0.15, 0.2) is 280 Å². The number of benzene rings is 10. The molecule has 1 unspecified atom stereocenters. The van der Waals surface area contributed by atoms with E-state index in [-0.39, 0.29) is 29.0 Å². The fourth-order valence-corrected chi connectivity index (χ4v) is 19.5. The number of aromatic nitrogens is 4. The van der Waals surface area contributed by atoms with Crippen LogP contribution in [0.5, 0.6) is 0 Å². The Morgan fingerprint density at radius 3 is 1.07 bits per heavy atom. The number of nitrogens with zero attached hydrogens (tertiary/aromatic N) is 6. The zero-order valence-corrected chi connectivity index (χ0v) is 48.5. The fraction of sp³-hybridized carbons (Fsp3) is 0.0263. The molecule has 18 rings (SSSR count). The van der Waals surface area contributed by atoms with Crippen molar-refractivity contribution >= 4 is 134 Å². The van der Waals surface area contributed by atoms with Gasteiger partial charge in [-0.25, -0.2) is 0 Å². The molecule has 0 amide bonds. The first-order valence-electron chi connectivity index (χ1n) is 28.4. The normalized spacial score (nSPS) is 15.2. The second-order valence-corrected chi connectivity index (χ2v) is 26.6. The molecule has 84 heavy (non-hydrogen) atoms. The molecule has 0 spiro atoms. The third-order valence-corrected chi connectivity index (χ3v) is 22.9. The summed E-state index contributed by atoms with van der Waals surface area (Å²) in [7, 11) is 0. The average molecular weight is 1200 g/mol. The summed E-state index contributed by atoms with van der Waals surface area (Å²) in [6, 6.07) is 86.9. The first-order chi connectivity index (χ1) is 41.7. The van der Waals surface area contributed by atoms with Crippen LogP contribution in [0.1, 0.15) is 44.5 Å². The Labute approximate surface area is 495 Å². The molecular formula is C76H46N6Se2. The van der Waals surface area contributed by atoms with Gasteiger partial charge in [-0.1, -0.05) is 0 Å². The van der Waals surface area contributed by atoms with E-state index in [1.54, 1.807) is 0 Å². The number of pyridine rings is 4. The van der Waals surface area contributed by atoms with Crippen molar-refractivity contribution in [3.63, 3.8) is 0 Å². The van der Waals surface area contributed by atoms with Crippen LogP contribution in [-0.4, -0.2) is 48.9 Å². The summed E-state index contributed by atoms with van der Waals surface area (Å²) in [4.78, 5) is 24.3. The first kappa shape index (κ1) is 47.8. The van der Waals surface area contributed by atoms with Crippen molar-refractivity contribution in [2.75, 3.05) is 9.80 Å². The van der Waals surface area contributed by atoms with Crippen molar-refractivity contribution in [1.29, 1.82) is 0 Å². The minimum atomic E-state index is -0.754. The molecule has 6 nitrogen and oxygen atoms in total. The van der Waals surface area contributed by atoms with Crippen molar-refractivity contribution < 1.29 is 0 Å². The Balaban J connectivity index is 0.941. The van der Waals surface area contributed by atoms with Crippen LogP contribution >= 0.6 is 0 Å². The zero-order valence-electron chi connectivity index (χ0n) is 45.1. The minimum absolute atomic E-state index is 0.111. The van der Waals surface area contributed by atoms with Crippen molar-refractivity contribution in [2.24, 2.45) is 0 Å². The Morgan fingerprint density at radius 2 is 0.631 bits per heavy atom. The number of hydrogen-bond acceptors (Lipinski definition) is 6. The molecular weight excluding hydrogens is 1150 g/mol. The number of rotatable bonds is 6. The SMILES string of the molecule is c1cncc(C2(c3ccncc3)c3ccccc3N(c3cc4c5ccccc5c(N5c6ccccc6C(c6cccnc6)(c6cccnc6)c6cc7c(cc65)[se]c5ccccc57)cc4c4ccccc34)c3cc4[se]c5ccccc5c4cc32)c1. The molecule has 16 aromatic rings. The van der Waals surface area contributed by atoms with E-state index in [9.17, 15) is 0 Å². The molecule has 2 aliphatic heterocycles. The van der Waals surface area contributed by atoms with Crippen molar-refractivity contribution in [3.8, 4) is 0 Å². The van der Waals surface area contributed by atoms with Gasteiger partial charge in [0.1, 0.15) is 0 Å². The molecule has 0 saturated carbocycles. The van der Waals surface area contributed by atoms with E-state index >= 15 is 0 Å². The average Bonchev–Trinajstić information content (AvgIpc) is 1.56. The van der Waals surface area contributed by atoms with E-state index in [1.165, 1.54) is 93.2 Å². The van der Waals surface area contributed by atoms with Gasteiger partial charge >= 0.3 is 499 Å². The zero-order chi connectivity index (χ0) is 55.1. The van der Waals surface area contributed by atoms with Crippen LogP contribution in [0.3, 0.4) is 0 Å². The van der Waals surface area contributed by atoms with Gasteiger partial charge in [-0.05, 0) is 0 Å². The Kier molecular flexibility index (Phi) is 10.5. The number of anilines is 6. The van der Waals surface area contributed by atoms with Crippen molar-refractivity contribution in [2.45, 2.75) is 10.8 Å². The Hall–Kier alpha value is -9.78. The van der Waals surface area contributed by atoms with Crippen LogP contribution in [0.2, 0.25) is 0 Å². The second-order valence-electron chi connectivity index (χ2n) is 22.1. The third-order valence-electron chi connectivity index (χ3n) is 18.1. The predicted molar refractivity (Wildman–Crippen MR) is 347 cm³/mol. The van der Waals surface area contributed by atoms with Gasteiger partial charge in [0.2, 0.25) is 0 Å². The fourth-order valence-electron chi connectivity index (χ4n) is 14.7. The van der Waals surface area contributed by atoms with E-state index in [4.69, 9.17) is 15.0 Å². The van der Waals surface area contributed by atoms with Crippen LogP contribution in [-0.2, 0) is 10.8 Å². The number of hydrogen-bond donors (Lipinski definition) is 0. The molecule has 0 radical (unpaired) electrons. The van der Waals surface area contributed by atoms with Gasteiger partial charge in [-0.15, -0.1) is 0 Å². The summed E-state index contributed by atoms with van der Waals surface area (Å²) < 4.78 is 5.59. The van der Waals surface area contributed by atoms with Gasteiger partial charge < -0.3 is 0 Å². The van der Waals surface area contributed by atoms with E-state index in [0.717, 1.165) is 56.4 Å². The maximum absolute atomic E-state index is 4.86. The summed E-state index contributed by atoms with van der Waals surface area (Å²) in [5.74, 6) is 0. The molecule has 0 saturated heterocycles. The quantitative estimate of drug-likeness (QED) is 0.122. The molecule has 0 fully saturated rings. The predicted octanol–water partition coefficient (Wildman–Crippen LogP) is 17.8. The van der Waals surface area contributed by atoms with E-state index in [2.05, 4.69) is 264 Å². The van der Waals surface area contributed by atoms with E-state index in [0.29, 0.717) is 0 Å². The summed E-state index contributed by atoms with van der Waals surface area (Å²) in [6.45, 7) is 0. The molecule has 0 aliphatic carbocycles. The molecule has 1 atom stereocenters. The summed E-state index contributed by atoms with van der Waals surface area (Å²) in [6.07, 6.45) is 15.7. The maximum atomic E-state index is 4.86. The van der Waals surface area contributed by atoms with Gasteiger partial charge in [-0.2, -0.15) is 0 Å². The van der Waals surface area contributed by atoms with Crippen molar-refractivity contribution in [1.82, 2.24) is 19.9 Å². The van der Waals surface area contributed by atoms with Crippen LogP contribution < -0.4 is 9.80 Å². The van der Waals surface area contributed by atoms with E-state index in [1.807, 2.05) is 31.0 Å². The first-order valence-corrected chi connectivity index (χ1v) is 31.8. The molecule has 0 N–H and O–H groups in total. The van der Waals surface area contributed by atoms with Gasteiger partial charge in [-0.3, -0.25) is 0 Å².